The van der Waals surface area contributed by atoms with Gasteiger partial charge in [-0.15, -0.1) is 12.4 Å². The van der Waals surface area contributed by atoms with Crippen molar-refractivity contribution < 1.29 is 9.47 Å². The zero-order chi connectivity index (χ0) is 11.3. The molecule has 0 aliphatic carbocycles. The summed E-state index contributed by atoms with van der Waals surface area (Å²) in [6.45, 7) is 0. The van der Waals surface area contributed by atoms with Gasteiger partial charge in [0.1, 0.15) is 0 Å². The van der Waals surface area contributed by atoms with Gasteiger partial charge in [-0.1, -0.05) is 6.07 Å². The number of nitrogens with two attached hydrogens (primary N) is 1. The second-order valence-corrected chi connectivity index (χ2v) is 3.08. The highest BCUT2D eigenvalue weighted by atomic mass is 35.5. The van der Waals surface area contributed by atoms with Crippen LogP contribution in [0.4, 0.5) is 0 Å². The third kappa shape index (κ3) is 3.30. The van der Waals surface area contributed by atoms with E-state index in [2.05, 4.69) is 0 Å². The highest BCUT2D eigenvalue weighted by molar-refractivity contribution is 5.85. The number of nitrogens with zero attached hydrogens (tertiary/aromatic N) is 1. The number of halogens is 1. The molecular weight excluding hydrogens is 228 g/mol. The number of methoxy groups -OCH3 is 2. The number of rotatable bonds is 4. The van der Waals surface area contributed by atoms with E-state index in [1.807, 2.05) is 12.1 Å². The number of benzene rings is 1. The lowest BCUT2D eigenvalue weighted by molar-refractivity contribution is 0.354. The molecule has 0 radical (unpaired) electrons. The van der Waals surface area contributed by atoms with Gasteiger partial charge in [0.15, 0.2) is 11.5 Å². The summed E-state index contributed by atoms with van der Waals surface area (Å²) < 4.78 is 10.2. The molecule has 1 atom stereocenters. The highest BCUT2D eigenvalue weighted by Gasteiger charge is 2.09. The molecule has 1 aromatic rings. The van der Waals surface area contributed by atoms with Gasteiger partial charge in [0, 0.05) is 6.04 Å². The highest BCUT2D eigenvalue weighted by Crippen LogP contribution is 2.29. The molecular formula is C11H15ClN2O2. The summed E-state index contributed by atoms with van der Waals surface area (Å²) >= 11 is 0. The molecule has 4 nitrogen and oxygen atoms in total. The fourth-order valence-electron chi connectivity index (χ4n) is 1.30. The van der Waals surface area contributed by atoms with E-state index in [4.69, 9.17) is 20.5 Å². The molecule has 88 valence electrons. The third-order valence-electron chi connectivity index (χ3n) is 2.15. The van der Waals surface area contributed by atoms with E-state index in [0.29, 0.717) is 11.5 Å². The Labute approximate surface area is 101 Å². The van der Waals surface area contributed by atoms with Gasteiger partial charge < -0.3 is 15.2 Å². The molecule has 0 aliphatic heterocycles. The summed E-state index contributed by atoms with van der Waals surface area (Å²) in [7, 11) is 3.14. The zero-order valence-corrected chi connectivity index (χ0v) is 10.1. The van der Waals surface area contributed by atoms with E-state index in [1.165, 1.54) is 0 Å². The number of ether oxygens (including phenoxy) is 2. The average molecular weight is 243 g/mol. The van der Waals surface area contributed by atoms with Crippen LogP contribution in [0.5, 0.6) is 11.5 Å². The van der Waals surface area contributed by atoms with Crippen LogP contribution in [-0.2, 0) is 0 Å². The second-order valence-electron chi connectivity index (χ2n) is 3.08. The molecule has 0 unspecified atom stereocenters. The van der Waals surface area contributed by atoms with Crippen LogP contribution in [0.2, 0.25) is 0 Å². The van der Waals surface area contributed by atoms with Crippen molar-refractivity contribution >= 4 is 12.4 Å². The standard InChI is InChI=1S/C11H14N2O2.ClH/c1-14-10-4-3-8(7-11(10)15-2)9(13)5-6-12;/h3-4,7,9H,5,13H2,1-2H3;1H/t9-;/m0./s1. The van der Waals surface area contributed by atoms with E-state index >= 15 is 0 Å². The van der Waals surface area contributed by atoms with Crippen molar-refractivity contribution in [2.75, 3.05) is 14.2 Å². The minimum absolute atomic E-state index is 0. The molecule has 0 heterocycles. The van der Waals surface area contributed by atoms with Crippen LogP contribution in [-0.4, -0.2) is 14.2 Å². The molecule has 0 saturated heterocycles. The van der Waals surface area contributed by atoms with Crippen LogP contribution in [0.15, 0.2) is 18.2 Å². The van der Waals surface area contributed by atoms with Gasteiger partial charge in [-0.05, 0) is 17.7 Å². The molecule has 0 saturated carbocycles. The van der Waals surface area contributed by atoms with Crippen molar-refractivity contribution in [2.24, 2.45) is 5.73 Å². The Bertz CT molecular complexity index is 377. The van der Waals surface area contributed by atoms with Gasteiger partial charge in [0.25, 0.3) is 0 Å². The van der Waals surface area contributed by atoms with E-state index < -0.39 is 0 Å². The molecule has 0 spiro atoms. The fraction of sp³-hybridized carbons (Fsp3) is 0.364. The third-order valence-corrected chi connectivity index (χ3v) is 2.15. The summed E-state index contributed by atoms with van der Waals surface area (Å²) in [4.78, 5) is 0. The Hall–Kier alpha value is -1.44. The second kappa shape index (κ2) is 6.94. The zero-order valence-electron chi connectivity index (χ0n) is 9.27. The normalized spacial score (nSPS) is 10.9. The number of hydrogen-bond donors (Lipinski definition) is 1. The Balaban J connectivity index is 0.00000225. The summed E-state index contributed by atoms with van der Waals surface area (Å²) in [5.74, 6) is 1.29. The average Bonchev–Trinajstić information content (AvgIpc) is 2.28. The van der Waals surface area contributed by atoms with Gasteiger partial charge in [0.2, 0.25) is 0 Å². The minimum atomic E-state index is -0.283. The molecule has 0 bridgehead atoms. The Morgan fingerprint density at radius 2 is 1.94 bits per heavy atom. The SMILES string of the molecule is COc1ccc([C@@H](N)CC#N)cc1OC.Cl. The topological polar surface area (TPSA) is 68.3 Å². The van der Waals surface area contributed by atoms with Crippen LogP contribution in [0.1, 0.15) is 18.0 Å². The van der Waals surface area contributed by atoms with E-state index in [-0.39, 0.29) is 24.9 Å². The van der Waals surface area contributed by atoms with Crippen LogP contribution in [0.3, 0.4) is 0 Å². The van der Waals surface area contributed by atoms with Crippen LogP contribution in [0, 0.1) is 11.3 Å². The summed E-state index contributed by atoms with van der Waals surface area (Å²) in [5, 5.41) is 8.54. The Morgan fingerprint density at radius 3 is 2.44 bits per heavy atom. The maximum Gasteiger partial charge on any atom is 0.161 e. The molecule has 0 amide bonds. The Morgan fingerprint density at radius 1 is 1.31 bits per heavy atom. The van der Waals surface area contributed by atoms with Crippen LogP contribution < -0.4 is 15.2 Å². The van der Waals surface area contributed by atoms with Crippen LogP contribution >= 0.6 is 12.4 Å². The molecule has 0 fully saturated rings. The first kappa shape index (κ1) is 14.6. The summed E-state index contributed by atoms with van der Waals surface area (Å²) in [6, 6.07) is 7.16. The van der Waals surface area contributed by atoms with Crippen molar-refractivity contribution in [3.8, 4) is 17.6 Å². The number of nitriles is 1. The molecule has 1 aromatic carbocycles. The van der Waals surface area contributed by atoms with E-state index in [1.54, 1.807) is 26.4 Å². The molecule has 0 aromatic heterocycles. The van der Waals surface area contributed by atoms with E-state index in [0.717, 1.165) is 5.56 Å². The summed E-state index contributed by atoms with van der Waals surface area (Å²) in [5.41, 5.74) is 6.67. The van der Waals surface area contributed by atoms with Gasteiger partial charge in [-0.2, -0.15) is 5.26 Å². The summed E-state index contributed by atoms with van der Waals surface area (Å²) in [6.07, 6.45) is 0.287. The van der Waals surface area contributed by atoms with E-state index in [9.17, 15) is 0 Å². The minimum Gasteiger partial charge on any atom is -0.493 e. The lowest BCUT2D eigenvalue weighted by atomic mass is 10.0. The van der Waals surface area contributed by atoms with Gasteiger partial charge in [-0.25, -0.2) is 0 Å². The fourth-order valence-corrected chi connectivity index (χ4v) is 1.30. The predicted octanol–water partition coefficient (Wildman–Crippen LogP) is 2.04. The van der Waals surface area contributed by atoms with Gasteiger partial charge >= 0.3 is 0 Å². The molecule has 5 heteroatoms. The Kier molecular flexibility index (Phi) is 6.31. The molecule has 2 N–H and O–H groups in total. The maximum atomic E-state index is 8.54. The molecule has 16 heavy (non-hydrogen) atoms. The quantitative estimate of drug-likeness (QED) is 0.877. The first-order valence-corrected chi connectivity index (χ1v) is 4.57. The van der Waals surface area contributed by atoms with Crippen LogP contribution in [0.25, 0.3) is 0 Å². The van der Waals surface area contributed by atoms with Crippen molar-refractivity contribution in [3.05, 3.63) is 23.8 Å². The molecule has 0 aliphatic rings. The smallest absolute Gasteiger partial charge is 0.161 e. The first-order valence-electron chi connectivity index (χ1n) is 4.57. The maximum absolute atomic E-state index is 8.54. The first-order chi connectivity index (χ1) is 7.22. The van der Waals surface area contributed by atoms with Crippen molar-refractivity contribution in [2.45, 2.75) is 12.5 Å². The largest absolute Gasteiger partial charge is 0.493 e. The lowest BCUT2D eigenvalue weighted by Gasteiger charge is -2.12. The predicted molar refractivity (Wildman–Crippen MR) is 64.0 cm³/mol. The molecule has 1 rings (SSSR count). The number of hydrogen-bond acceptors (Lipinski definition) is 4. The van der Waals surface area contributed by atoms with Gasteiger partial charge in [0.05, 0.1) is 26.7 Å². The van der Waals surface area contributed by atoms with Crippen molar-refractivity contribution in [1.82, 2.24) is 0 Å². The van der Waals surface area contributed by atoms with Crippen molar-refractivity contribution in [1.29, 1.82) is 5.26 Å². The van der Waals surface area contributed by atoms with Gasteiger partial charge in [-0.3, -0.25) is 0 Å². The van der Waals surface area contributed by atoms with Crippen molar-refractivity contribution in [3.63, 3.8) is 0 Å². The lowest BCUT2D eigenvalue weighted by Crippen LogP contribution is -2.09. The monoisotopic (exact) mass is 242 g/mol.